The number of amides is 2. The van der Waals surface area contributed by atoms with E-state index < -0.39 is 0 Å². The highest BCUT2D eigenvalue weighted by atomic mass is 35.5. The van der Waals surface area contributed by atoms with E-state index in [1.807, 2.05) is 13.0 Å². The van der Waals surface area contributed by atoms with Crippen LogP contribution in [0.2, 0.25) is 10.0 Å². The molecule has 2 rings (SSSR count). The maximum absolute atomic E-state index is 12.1. The van der Waals surface area contributed by atoms with Crippen LogP contribution in [0.15, 0.2) is 42.5 Å². The van der Waals surface area contributed by atoms with Gasteiger partial charge in [0.15, 0.2) is 0 Å². The summed E-state index contributed by atoms with van der Waals surface area (Å²) in [5, 5.41) is 3.85. The molecular weight excluding hydrogens is 347 g/mol. The highest BCUT2D eigenvalue weighted by Crippen LogP contribution is 2.24. The zero-order chi connectivity index (χ0) is 17.7. The zero-order valence-corrected chi connectivity index (χ0v) is 15.0. The third-order valence-corrected chi connectivity index (χ3v) is 4.02. The molecule has 0 saturated heterocycles. The molecule has 2 aromatic rings. The molecule has 1 N–H and O–H groups in total. The van der Waals surface area contributed by atoms with Crippen LogP contribution in [-0.4, -0.2) is 24.9 Å². The fourth-order valence-electron chi connectivity index (χ4n) is 2.33. The number of anilines is 1. The fraction of sp³-hybridized carbons (Fsp3) is 0.222. The molecule has 2 amide bonds. The minimum atomic E-state index is -0.233. The van der Waals surface area contributed by atoms with Crippen LogP contribution < -0.4 is 10.2 Å². The Bertz CT molecular complexity index is 762. The quantitative estimate of drug-likeness (QED) is 0.868. The summed E-state index contributed by atoms with van der Waals surface area (Å²) in [6.45, 7) is 4.06. The van der Waals surface area contributed by atoms with Crippen molar-refractivity contribution in [2.75, 3.05) is 18.0 Å². The van der Waals surface area contributed by atoms with Gasteiger partial charge in [-0.2, -0.15) is 0 Å². The van der Waals surface area contributed by atoms with Crippen molar-refractivity contribution in [3.05, 3.63) is 63.6 Å². The number of aryl methyl sites for hydroxylation is 1. The largest absolute Gasteiger partial charge is 0.350 e. The molecule has 0 aliphatic rings. The Kier molecular flexibility index (Phi) is 6.23. The molecule has 0 bridgehead atoms. The molecule has 2 aromatic carbocycles. The number of hydrogen-bond acceptors (Lipinski definition) is 2. The van der Waals surface area contributed by atoms with Gasteiger partial charge in [0, 0.05) is 41.3 Å². The summed E-state index contributed by atoms with van der Waals surface area (Å²) in [6.07, 6.45) is 0. The lowest BCUT2D eigenvalue weighted by Gasteiger charge is -2.23. The first kappa shape index (κ1) is 18.3. The van der Waals surface area contributed by atoms with Gasteiger partial charge in [0.05, 0.1) is 0 Å². The predicted molar refractivity (Wildman–Crippen MR) is 98.0 cm³/mol. The first-order chi connectivity index (χ1) is 11.4. The Hall–Kier alpha value is -2.04. The van der Waals surface area contributed by atoms with Crippen molar-refractivity contribution in [2.45, 2.75) is 13.8 Å². The van der Waals surface area contributed by atoms with Crippen LogP contribution in [0, 0.1) is 6.92 Å². The van der Waals surface area contributed by atoms with Crippen LogP contribution in [-0.2, 0) is 4.79 Å². The summed E-state index contributed by atoms with van der Waals surface area (Å²) < 4.78 is 0. The predicted octanol–water partition coefficient (Wildman–Crippen LogP) is 4.08. The number of hydrogen-bond donors (Lipinski definition) is 1. The van der Waals surface area contributed by atoms with Gasteiger partial charge in [-0.3, -0.25) is 9.59 Å². The highest BCUT2D eigenvalue weighted by molar-refractivity contribution is 6.31. The molecule has 0 unspecified atom stereocenters. The maximum atomic E-state index is 12.1. The minimum Gasteiger partial charge on any atom is -0.350 e. The van der Waals surface area contributed by atoms with E-state index in [0.717, 1.165) is 11.3 Å². The second-order valence-electron chi connectivity index (χ2n) is 5.37. The Morgan fingerprint density at radius 3 is 2.46 bits per heavy atom. The van der Waals surface area contributed by atoms with Crippen LogP contribution >= 0.6 is 23.2 Å². The van der Waals surface area contributed by atoms with E-state index in [0.29, 0.717) is 28.7 Å². The molecular formula is C18H18Cl2N2O2. The van der Waals surface area contributed by atoms with E-state index in [1.54, 1.807) is 41.3 Å². The van der Waals surface area contributed by atoms with Gasteiger partial charge in [0.25, 0.3) is 5.91 Å². The first-order valence-corrected chi connectivity index (χ1v) is 8.22. The normalized spacial score (nSPS) is 10.3. The van der Waals surface area contributed by atoms with E-state index in [1.165, 1.54) is 6.92 Å². The highest BCUT2D eigenvalue weighted by Gasteiger charge is 2.15. The summed E-state index contributed by atoms with van der Waals surface area (Å²) in [6, 6.07) is 12.1. The average molecular weight is 365 g/mol. The van der Waals surface area contributed by atoms with Gasteiger partial charge in [-0.05, 0) is 42.8 Å². The molecule has 0 heterocycles. The van der Waals surface area contributed by atoms with Crippen molar-refractivity contribution in [1.82, 2.24) is 5.32 Å². The van der Waals surface area contributed by atoms with Crippen LogP contribution in [0.25, 0.3) is 0 Å². The van der Waals surface area contributed by atoms with Crippen molar-refractivity contribution in [3.63, 3.8) is 0 Å². The van der Waals surface area contributed by atoms with Crippen LogP contribution in [0.1, 0.15) is 22.8 Å². The monoisotopic (exact) mass is 364 g/mol. The molecule has 0 spiro atoms. The molecule has 126 valence electrons. The van der Waals surface area contributed by atoms with Gasteiger partial charge in [-0.1, -0.05) is 35.3 Å². The van der Waals surface area contributed by atoms with Gasteiger partial charge in [0.1, 0.15) is 0 Å². The summed E-state index contributed by atoms with van der Waals surface area (Å²) in [5.41, 5.74) is 2.17. The third kappa shape index (κ3) is 4.73. The smallest absolute Gasteiger partial charge is 0.251 e. The number of nitrogens with one attached hydrogen (secondary N) is 1. The van der Waals surface area contributed by atoms with Crippen molar-refractivity contribution in [1.29, 1.82) is 0 Å². The standard InChI is InChI=1S/C18H18Cl2N2O2/c1-12-6-7-16(20)11-17(12)22(13(2)23)9-8-21-18(24)14-4-3-5-15(19)10-14/h3-7,10-11H,8-9H2,1-2H3,(H,21,24). The molecule has 0 aliphatic carbocycles. The molecule has 4 nitrogen and oxygen atoms in total. The number of rotatable bonds is 5. The Balaban J connectivity index is 2.03. The molecule has 0 radical (unpaired) electrons. The third-order valence-electron chi connectivity index (χ3n) is 3.55. The Morgan fingerprint density at radius 2 is 1.79 bits per heavy atom. The van der Waals surface area contributed by atoms with Crippen molar-refractivity contribution in [3.8, 4) is 0 Å². The number of benzene rings is 2. The second kappa shape index (κ2) is 8.18. The molecule has 24 heavy (non-hydrogen) atoms. The molecule has 0 fully saturated rings. The summed E-state index contributed by atoms with van der Waals surface area (Å²) >= 11 is 11.9. The van der Waals surface area contributed by atoms with Gasteiger partial charge < -0.3 is 10.2 Å². The van der Waals surface area contributed by atoms with Gasteiger partial charge in [-0.15, -0.1) is 0 Å². The summed E-state index contributed by atoms with van der Waals surface area (Å²) in [7, 11) is 0. The Labute approximate surface area is 151 Å². The number of nitrogens with zero attached hydrogens (tertiary/aromatic N) is 1. The van der Waals surface area contributed by atoms with E-state index in [-0.39, 0.29) is 11.8 Å². The number of carbonyl (C=O) groups excluding carboxylic acids is 2. The first-order valence-electron chi connectivity index (χ1n) is 7.46. The van der Waals surface area contributed by atoms with Crippen LogP contribution in [0.3, 0.4) is 0 Å². The van der Waals surface area contributed by atoms with Crippen molar-refractivity contribution in [2.24, 2.45) is 0 Å². The molecule has 6 heteroatoms. The van der Waals surface area contributed by atoms with Gasteiger partial charge in [-0.25, -0.2) is 0 Å². The molecule has 0 aromatic heterocycles. The maximum Gasteiger partial charge on any atom is 0.251 e. The van der Waals surface area contributed by atoms with Gasteiger partial charge in [0.2, 0.25) is 5.91 Å². The summed E-state index contributed by atoms with van der Waals surface area (Å²) in [5.74, 6) is -0.346. The molecule has 0 atom stereocenters. The second-order valence-corrected chi connectivity index (χ2v) is 6.24. The van der Waals surface area contributed by atoms with E-state index >= 15 is 0 Å². The fourth-order valence-corrected chi connectivity index (χ4v) is 2.69. The number of halogens is 2. The lowest BCUT2D eigenvalue weighted by atomic mass is 10.1. The minimum absolute atomic E-state index is 0.114. The lowest BCUT2D eigenvalue weighted by Crippen LogP contribution is -2.38. The van der Waals surface area contributed by atoms with Crippen molar-refractivity contribution >= 4 is 40.7 Å². The Morgan fingerprint density at radius 1 is 1.08 bits per heavy atom. The average Bonchev–Trinajstić information content (AvgIpc) is 2.53. The SMILES string of the molecule is CC(=O)N(CCNC(=O)c1cccc(Cl)c1)c1cc(Cl)ccc1C. The molecule has 0 aliphatic heterocycles. The van der Waals surface area contributed by atoms with E-state index in [9.17, 15) is 9.59 Å². The van der Waals surface area contributed by atoms with E-state index in [2.05, 4.69) is 5.32 Å². The van der Waals surface area contributed by atoms with Crippen LogP contribution in [0.4, 0.5) is 5.69 Å². The summed E-state index contributed by atoms with van der Waals surface area (Å²) in [4.78, 5) is 25.7. The van der Waals surface area contributed by atoms with E-state index in [4.69, 9.17) is 23.2 Å². The van der Waals surface area contributed by atoms with Crippen molar-refractivity contribution < 1.29 is 9.59 Å². The number of carbonyl (C=O) groups is 2. The lowest BCUT2D eigenvalue weighted by molar-refractivity contribution is -0.116. The molecule has 0 saturated carbocycles. The van der Waals surface area contributed by atoms with Gasteiger partial charge >= 0.3 is 0 Å². The zero-order valence-electron chi connectivity index (χ0n) is 13.5. The topological polar surface area (TPSA) is 49.4 Å². The van der Waals surface area contributed by atoms with Crippen LogP contribution in [0.5, 0.6) is 0 Å².